The molecule has 0 saturated carbocycles. The van der Waals surface area contributed by atoms with Gasteiger partial charge in [0.05, 0.1) is 0 Å². The number of nitrogen functional groups attached to an aromatic ring is 1. The van der Waals surface area contributed by atoms with Crippen molar-refractivity contribution in [3.8, 4) is 0 Å². The van der Waals surface area contributed by atoms with E-state index in [-0.39, 0.29) is 25.9 Å². The Morgan fingerprint density at radius 2 is 2.32 bits per heavy atom. The van der Waals surface area contributed by atoms with Crippen LogP contribution in [0.25, 0.3) is 0 Å². The van der Waals surface area contributed by atoms with E-state index in [1.807, 2.05) is 0 Å². The lowest BCUT2D eigenvalue weighted by Crippen LogP contribution is -2.47. The van der Waals surface area contributed by atoms with Crippen molar-refractivity contribution in [1.82, 2.24) is 9.97 Å². The van der Waals surface area contributed by atoms with Crippen LogP contribution in [0.1, 0.15) is 18.5 Å². The van der Waals surface area contributed by atoms with Crippen LogP contribution in [0.15, 0.2) is 18.7 Å². The summed E-state index contributed by atoms with van der Waals surface area (Å²) in [5, 5.41) is 0. The first-order valence-electron chi connectivity index (χ1n) is 6.27. The maximum atomic E-state index is 13.8. The summed E-state index contributed by atoms with van der Waals surface area (Å²) in [4.78, 5) is 10.2. The molecule has 2 heterocycles. The van der Waals surface area contributed by atoms with Crippen molar-refractivity contribution < 1.29 is 8.78 Å². The zero-order valence-corrected chi connectivity index (χ0v) is 10.9. The van der Waals surface area contributed by atoms with Crippen LogP contribution in [0.3, 0.4) is 0 Å². The molecule has 1 saturated heterocycles. The molecule has 0 amide bonds. The van der Waals surface area contributed by atoms with E-state index in [2.05, 4.69) is 16.5 Å². The van der Waals surface area contributed by atoms with Crippen LogP contribution in [-0.4, -0.2) is 29.0 Å². The number of aryl methyl sites for hydroxylation is 1. The SMILES string of the molecule is C=CCC1CN(c2nc(C)cc(N)n2)CCC1(F)F. The van der Waals surface area contributed by atoms with E-state index >= 15 is 0 Å². The van der Waals surface area contributed by atoms with Crippen molar-refractivity contribution in [3.63, 3.8) is 0 Å². The quantitative estimate of drug-likeness (QED) is 0.855. The number of allylic oxidation sites excluding steroid dienone is 1. The third-order valence-electron chi connectivity index (χ3n) is 3.35. The van der Waals surface area contributed by atoms with Crippen molar-refractivity contribution in [2.24, 2.45) is 5.92 Å². The second-order valence-electron chi connectivity index (χ2n) is 4.91. The number of hydrogen-bond donors (Lipinski definition) is 1. The summed E-state index contributed by atoms with van der Waals surface area (Å²) in [6.45, 7) is 5.81. The molecule has 1 atom stereocenters. The Kier molecular flexibility index (Phi) is 3.68. The molecule has 1 fully saturated rings. The Hall–Kier alpha value is -1.72. The van der Waals surface area contributed by atoms with Crippen LogP contribution in [0.5, 0.6) is 0 Å². The first kappa shape index (κ1) is 13.7. The normalized spacial score (nSPS) is 22.3. The molecule has 1 aromatic rings. The van der Waals surface area contributed by atoms with Crippen LogP contribution < -0.4 is 10.6 Å². The average Bonchev–Trinajstić information content (AvgIpc) is 2.30. The number of anilines is 2. The fourth-order valence-corrected chi connectivity index (χ4v) is 2.33. The summed E-state index contributed by atoms with van der Waals surface area (Å²) < 4.78 is 27.5. The number of rotatable bonds is 3. The van der Waals surface area contributed by atoms with Crippen molar-refractivity contribution in [1.29, 1.82) is 0 Å². The van der Waals surface area contributed by atoms with Crippen LogP contribution in [0.4, 0.5) is 20.5 Å². The van der Waals surface area contributed by atoms with Gasteiger partial charge in [0.25, 0.3) is 5.92 Å². The van der Waals surface area contributed by atoms with Gasteiger partial charge in [-0.15, -0.1) is 6.58 Å². The van der Waals surface area contributed by atoms with Gasteiger partial charge in [-0.05, 0) is 13.3 Å². The first-order valence-corrected chi connectivity index (χ1v) is 6.27. The van der Waals surface area contributed by atoms with Crippen molar-refractivity contribution >= 4 is 11.8 Å². The van der Waals surface area contributed by atoms with Gasteiger partial charge < -0.3 is 10.6 Å². The molecular weight excluding hydrogens is 250 g/mol. The lowest BCUT2D eigenvalue weighted by molar-refractivity contribution is -0.0710. The third-order valence-corrected chi connectivity index (χ3v) is 3.35. The smallest absolute Gasteiger partial charge is 0.254 e. The lowest BCUT2D eigenvalue weighted by Gasteiger charge is -2.38. The standard InChI is InChI=1S/C13H18F2N4/c1-3-4-10-8-19(6-5-13(10,14)15)12-17-9(2)7-11(16)18-12/h3,7,10H,1,4-6,8H2,2H3,(H2,16,17,18). The van der Waals surface area contributed by atoms with Crippen molar-refractivity contribution in [2.45, 2.75) is 25.7 Å². The first-order chi connectivity index (χ1) is 8.92. The number of piperidine rings is 1. The van der Waals surface area contributed by atoms with E-state index in [1.54, 1.807) is 17.9 Å². The highest BCUT2D eigenvalue weighted by atomic mass is 19.3. The van der Waals surface area contributed by atoms with Gasteiger partial charge in [-0.2, -0.15) is 4.98 Å². The number of aromatic nitrogens is 2. The number of nitrogens with zero attached hydrogens (tertiary/aromatic N) is 3. The Bertz CT molecular complexity index is 455. The predicted octanol–water partition coefficient (Wildman–Crippen LogP) is 2.40. The fraction of sp³-hybridized carbons (Fsp3) is 0.538. The maximum Gasteiger partial charge on any atom is 0.254 e. The second kappa shape index (κ2) is 5.11. The minimum atomic E-state index is -2.65. The Morgan fingerprint density at radius 3 is 2.95 bits per heavy atom. The maximum absolute atomic E-state index is 13.8. The predicted molar refractivity (Wildman–Crippen MR) is 71.3 cm³/mol. The monoisotopic (exact) mass is 268 g/mol. The highest BCUT2D eigenvalue weighted by molar-refractivity contribution is 5.41. The summed E-state index contributed by atoms with van der Waals surface area (Å²) >= 11 is 0. The van der Waals surface area contributed by atoms with Gasteiger partial charge in [0.1, 0.15) is 5.82 Å². The minimum absolute atomic E-state index is 0.192. The number of hydrogen-bond acceptors (Lipinski definition) is 4. The van der Waals surface area contributed by atoms with Gasteiger partial charge in [-0.25, -0.2) is 13.8 Å². The molecule has 1 aromatic heterocycles. The Labute approximate surface area is 111 Å². The summed E-state index contributed by atoms with van der Waals surface area (Å²) in [7, 11) is 0. The number of halogens is 2. The molecule has 1 aliphatic rings. The molecule has 1 aliphatic heterocycles. The molecule has 4 nitrogen and oxygen atoms in total. The van der Waals surface area contributed by atoms with E-state index < -0.39 is 11.8 Å². The lowest BCUT2D eigenvalue weighted by atomic mass is 9.91. The second-order valence-corrected chi connectivity index (χ2v) is 4.91. The molecule has 1 unspecified atom stereocenters. The zero-order valence-electron chi connectivity index (χ0n) is 10.9. The van der Waals surface area contributed by atoms with Crippen molar-refractivity contribution in [3.05, 3.63) is 24.4 Å². The molecule has 0 aliphatic carbocycles. The molecule has 0 radical (unpaired) electrons. The Balaban J connectivity index is 2.20. The van der Waals surface area contributed by atoms with E-state index in [9.17, 15) is 8.78 Å². The number of alkyl halides is 2. The topological polar surface area (TPSA) is 55.0 Å². The van der Waals surface area contributed by atoms with Crippen LogP contribution >= 0.6 is 0 Å². The molecule has 0 aromatic carbocycles. The van der Waals surface area contributed by atoms with E-state index in [1.165, 1.54) is 6.08 Å². The molecular formula is C13H18F2N4. The van der Waals surface area contributed by atoms with Crippen LogP contribution in [0, 0.1) is 12.8 Å². The van der Waals surface area contributed by atoms with Crippen LogP contribution in [-0.2, 0) is 0 Å². The fourth-order valence-electron chi connectivity index (χ4n) is 2.33. The molecule has 0 spiro atoms. The van der Waals surface area contributed by atoms with Crippen molar-refractivity contribution in [2.75, 3.05) is 23.7 Å². The molecule has 19 heavy (non-hydrogen) atoms. The summed E-state index contributed by atoms with van der Waals surface area (Å²) in [6, 6.07) is 1.66. The van der Waals surface area contributed by atoms with Gasteiger partial charge in [-0.1, -0.05) is 6.08 Å². The van der Waals surface area contributed by atoms with Gasteiger partial charge in [0, 0.05) is 37.2 Å². The summed E-state index contributed by atoms with van der Waals surface area (Å²) in [5.74, 6) is -2.61. The van der Waals surface area contributed by atoms with E-state index in [4.69, 9.17) is 5.73 Å². The zero-order chi connectivity index (χ0) is 14.0. The highest BCUT2D eigenvalue weighted by Crippen LogP contribution is 2.36. The Morgan fingerprint density at radius 1 is 1.58 bits per heavy atom. The highest BCUT2D eigenvalue weighted by Gasteiger charge is 2.43. The molecule has 2 rings (SSSR count). The van der Waals surface area contributed by atoms with Gasteiger partial charge in [-0.3, -0.25) is 0 Å². The summed E-state index contributed by atoms with van der Waals surface area (Å²) in [5.41, 5.74) is 6.41. The molecule has 6 heteroatoms. The third kappa shape index (κ3) is 3.00. The summed E-state index contributed by atoms with van der Waals surface area (Å²) in [6.07, 6.45) is 1.63. The van der Waals surface area contributed by atoms with E-state index in [0.717, 1.165) is 5.69 Å². The van der Waals surface area contributed by atoms with Gasteiger partial charge in [0.15, 0.2) is 0 Å². The van der Waals surface area contributed by atoms with E-state index in [0.29, 0.717) is 11.8 Å². The van der Waals surface area contributed by atoms with Gasteiger partial charge >= 0.3 is 0 Å². The minimum Gasteiger partial charge on any atom is -0.384 e. The average molecular weight is 268 g/mol. The van der Waals surface area contributed by atoms with Crippen LogP contribution in [0.2, 0.25) is 0 Å². The van der Waals surface area contributed by atoms with Gasteiger partial charge in [0.2, 0.25) is 5.95 Å². The molecule has 104 valence electrons. The largest absolute Gasteiger partial charge is 0.384 e. The molecule has 0 bridgehead atoms. The molecule has 2 N–H and O–H groups in total. The number of nitrogens with two attached hydrogens (primary N) is 1.